The lowest BCUT2D eigenvalue weighted by Crippen LogP contribution is -2.26. The van der Waals surface area contributed by atoms with Gasteiger partial charge in [-0.3, -0.25) is 0 Å². The van der Waals surface area contributed by atoms with Gasteiger partial charge in [0.05, 0.1) is 0 Å². The first-order valence-electron chi connectivity index (χ1n) is 3.44. The molecule has 0 unspecified atom stereocenters. The van der Waals surface area contributed by atoms with Crippen LogP contribution in [-0.2, 0) is 21.0 Å². The Morgan fingerprint density at radius 2 is 2.36 bits per heavy atom. The summed E-state index contributed by atoms with van der Waals surface area (Å²) in [5.41, 5.74) is 0. The molecule has 0 fully saturated rings. The van der Waals surface area contributed by atoms with Gasteiger partial charge in [0.1, 0.15) is 0 Å². The minimum absolute atomic E-state index is 0.0211. The zero-order valence-electron chi connectivity index (χ0n) is 6.84. The van der Waals surface area contributed by atoms with Gasteiger partial charge in [0.15, 0.2) is 0 Å². The molecule has 0 aromatic carbocycles. The average molecular weight is 237 g/mol. The van der Waals surface area contributed by atoms with E-state index >= 15 is 0 Å². The summed E-state index contributed by atoms with van der Waals surface area (Å²) in [5.74, 6) is 0. The number of nitrogens with one attached hydrogen (secondary N) is 1. The van der Waals surface area contributed by atoms with E-state index in [1.54, 1.807) is 17.5 Å². The van der Waals surface area contributed by atoms with E-state index in [0.717, 1.165) is 4.88 Å². The van der Waals surface area contributed by atoms with Crippen LogP contribution in [0.25, 0.3) is 0 Å². The molecule has 78 valence electrons. The topological polar surface area (TPSA) is 92.7 Å². The summed E-state index contributed by atoms with van der Waals surface area (Å²) < 4.78 is 27.2. The van der Waals surface area contributed by atoms with Crippen LogP contribution in [0.3, 0.4) is 0 Å². The minimum Gasteiger partial charge on any atom is -0.449 e. The Kier molecular flexibility index (Phi) is 3.44. The molecule has 1 aromatic rings. The van der Waals surface area contributed by atoms with Crippen molar-refractivity contribution in [1.82, 2.24) is 4.72 Å². The van der Waals surface area contributed by atoms with Crippen molar-refractivity contribution in [2.45, 2.75) is 6.54 Å². The summed E-state index contributed by atoms with van der Waals surface area (Å²) in [4.78, 5) is 10.7. The van der Waals surface area contributed by atoms with E-state index in [2.05, 4.69) is 4.18 Å². The van der Waals surface area contributed by atoms with Crippen molar-refractivity contribution >= 4 is 27.8 Å². The fourth-order valence-electron chi connectivity index (χ4n) is 0.696. The van der Waals surface area contributed by atoms with Gasteiger partial charge >= 0.3 is 16.5 Å². The van der Waals surface area contributed by atoms with E-state index in [-0.39, 0.29) is 6.54 Å². The molecule has 0 aliphatic heterocycles. The van der Waals surface area contributed by atoms with E-state index in [1.165, 1.54) is 11.3 Å². The Bertz CT molecular complexity index is 396. The SMILES string of the molecule is O=C(O)OS(=O)(=O)NCc1cccs1. The molecule has 1 heterocycles. The first kappa shape index (κ1) is 11.0. The van der Waals surface area contributed by atoms with E-state index in [1.807, 2.05) is 4.72 Å². The molecular formula is C6H7NO5S2. The average Bonchev–Trinajstić information content (AvgIpc) is 2.50. The maximum absolute atomic E-state index is 10.8. The van der Waals surface area contributed by atoms with Gasteiger partial charge in [-0.1, -0.05) is 6.07 Å². The zero-order valence-corrected chi connectivity index (χ0v) is 8.47. The van der Waals surface area contributed by atoms with Gasteiger partial charge in [0.25, 0.3) is 0 Å². The highest BCUT2D eigenvalue weighted by molar-refractivity contribution is 7.85. The molecule has 0 radical (unpaired) electrons. The molecule has 0 aliphatic rings. The van der Waals surface area contributed by atoms with Crippen molar-refractivity contribution < 1.29 is 22.5 Å². The summed E-state index contributed by atoms with van der Waals surface area (Å²) in [5, 5.41) is 9.85. The van der Waals surface area contributed by atoms with Gasteiger partial charge < -0.3 is 9.29 Å². The number of hydrogen-bond acceptors (Lipinski definition) is 5. The van der Waals surface area contributed by atoms with E-state index in [4.69, 9.17) is 5.11 Å². The highest BCUT2D eigenvalue weighted by Crippen LogP contribution is 2.08. The van der Waals surface area contributed by atoms with Gasteiger partial charge in [-0.25, -0.2) is 4.79 Å². The standard InChI is InChI=1S/C6H7NO5S2/c8-6(9)12-14(10,11)7-4-5-2-1-3-13-5/h1-3,7H,4H2,(H,8,9). The first-order valence-corrected chi connectivity index (χ1v) is 5.73. The monoisotopic (exact) mass is 237 g/mol. The predicted octanol–water partition coefficient (Wildman–Crippen LogP) is 0.777. The van der Waals surface area contributed by atoms with Gasteiger partial charge in [-0.2, -0.15) is 13.1 Å². The fraction of sp³-hybridized carbons (Fsp3) is 0.167. The van der Waals surface area contributed by atoms with Crippen LogP contribution in [0.5, 0.6) is 0 Å². The first-order chi connectivity index (χ1) is 6.49. The number of rotatable bonds is 4. The lowest BCUT2D eigenvalue weighted by Gasteiger charge is -2.02. The maximum Gasteiger partial charge on any atom is 0.522 e. The van der Waals surface area contributed by atoms with Crippen LogP contribution in [0.15, 0.2) is 17.5 Å². The van der Waals surface area contributed by atoms with Crippen molar-refractivity contribution in [2.24, 2.45) is 0 Å². The minimum atomic E-state index is -4.20. The Hall–Kier alpha value is -1.12. The van der Waals surface area contributed by atoms with Crippen molar-refractivity contribution in [3.63, 3.8) is 0 Å². The van der Waals surface area contributed by atoms with Crippen LogP contribution in [-0.4, -0.2) is 19.7 Å². The number of carboxylic acid groups (broad SMARTS) is 1. The van der Waals surface area contributed by atoms with Crippen LogP contribution >= 0.6 is 11.3 Å². The van der Waals surface area contributed by atoms with Gasteiger partial charge in [0, 0.05) is 11.4 Å². The van der Waals surface area contributed by atoms with Crippen molar-refractivity contribution in [1.29, 1.82) is 0 Å². The van der Waals surface area contributed by atoms with Crippen LogP contribution in [0.1, 0.15) is 4.88 Å². The molecule has 0 spiro atoms. The second-order valence-corrected chi connectivity index (χ2v) is 4.60. The Balaban J connectivity index is 2.49. The molecule has 0 atom stereocenters. The van der Waals surface area contributed by atoms with Gasteiger partial charge in [-0.05, 0) is 11.4 Å². The second-order valence-electron chi connectivity index (χ2n) is 2.20. The third kappa shape index (κ3) is 3.73. The van der Waals surface area contributed by atoms with Gasteiger partial charge in [0.2, 0.25) is 0 Å². The molecule has 6 nitrogen and oxygen atoms in total. The van der Waals surface area contributed by atoms with Crippen LogP contribution in [0.2, 0.25) is 0 Å². The third-order valence-corrected chi connectivity index (χ3v) is 2.92. The summed E-state index contributed by atoms with van der Waals surface area (Å²) in [7, 11) is -4.20. The lowest BCUT2D eigenvalue weighted by atomic mass is 10.5. The summed E-state index contributed by atoms with van der Waals surface area (Å²) >= 11 is 1.35. The normalized spacial score (nSPS) is 11.1. The molecule has 0 bridgehead atoms. The van der Waals surface area contributed by atoms with Gasteiger partial charge in [-0.15, -0.1) is 11.3 Å². The summed E-state index contributed by atoms with van der Waals surface area (Å²) in [6, 6.07) is 3.47. The van der Waals surface area contributed by atoms with E-state index in [9.17, 15) is 13.2 Å². The molecule has 0 aliphatic carbocycles. The molecule has 0 amide bonds. The van der Waals surface area contributed by atoms with Crippen molar-refractivity contribution in [2.75, 3.05) is 0 Å². The fourth-order valence-corrected chi connectivity index (χ4v) is 2.01. The van der Waals surface area contributed by atoms with Crippen molar-refractivity contribution in [3.05, 3.63) is 22.4 Å². The Labute approximate surface area is 84.4 Å². The zero-order chi connectivity index (χ0) is 10.6. The Morgan fingerprint density at radius 1 is 1.64 bits per heavy atom. The third-order valence-electron chi connectivity index (χ3n) is 1.18. The highest BCUT2D eigenvalue weighted by atomic mass is 32.2. The molecule has 0 saturated carbocycles. The smallest absolute Gasteiger partial charge is 0.449 e. The number of thiophene rings is 1. The Morgan fingerprint density at radius 3 is 2.86 bits per heavy atom. The van der Waals surface area contributed by atoms with E-state index in [0.29, 0.717) is 0 Å². The molecule has 0 saturated heterocycles. The largest absolute Gasteiger partial charge is 0.522 e. The summed E-state index contributed by atoms with van der Waals surface area (Å²) in [6.45, 7) is 0.0211. The molecular weight excluding hydrogens is 230 g/mol. The molecule has 1 aromatic heterocycles. The molecule has 2 N–H and O–H groups in total. The van der Waals surface area contributed by atoms with Crippen LogP contribution in [0.4, 0.5) is 4.79 Å². The van der Waals surface area contributed by atoms with E-state index < -0.39 is 16.5 Å². The second kappa shape index (κ2) is 4.40. The predicted molar refractivity (Wildman–Crippen MR) is 49.2 cm³/mol. The van der Waals surface area contributed by atoms with Crippen LogP contribution in [0, 0.1) is 0 Å². The molecule has 1 rings (SSSR count). The highest BCUT2D eigenvalue weighted by Gasteiger charge is 2.15. The molecule has 14 heavy (non-hydrogen) atoms. The van der Waals surface area contributed by atoms with Crippen molar-refractivity contribution in [3.8, 4) is 0 Å². The molecule has 8 heteroatoms. The quantitative estimate of drug-likeness (QED) is 0.807. The maximum atomic E-state index is 10.8. The lowest BCUT2D eigenvalue weighted by molar-refractivity contribution is 0.146. The van der Waals surface area contributed by atoms with Crippen LogP contribution < -0.4 is 4.72 Å². The number of carbonyl (C=O) groups is 1. The number of hydrogen-bond donors (Lipinski definition) is 2. The summed E-state index contributed by atoms with van der Waals surface area (Å²) in [6.07, 6.45) is -1.86.